The zero-order valence-corrected chi connectivity index (χ0v) is 13.4. The fourth-order valence-electron chi connectivity index (χ4n) is 1.81. The summed E-state index contributed by atoms with van der Waals surface area (Å²) in [5.74, 6) is -1.31. The molecule has 1 amide bonds. The van der Waals surface area contributed by atoms with Gasteiger partial charge in [0.05, 0.1) is 16.9 Å². The van der Waals surface area contributed by atoms with Crippen molar-refractivity contribution in [2.75, 3.05) is 11.9 Å². The number of carbonyl (C=O) groups is 1. The highest BCUT2D eigenvalue weighted by Gasteiger charge is 2.13. The summed E-state index contributed by atoms with van der Waals surface area (Å²) in [4.78, 5) is 11.9. The maximum atomic E-state index is 13.9. The number of amides is 1. The Morgan fingerprint density at radius 3 is 2.57 bits per heavy atom. The summed E-state index contributed by atoms with van der Waals surface area (Å²) in [6.07, 6.45) is 0. The third-order valence-electron chi connectivity index (χ3n) is 2.76. The molecule has 0 saturated carbocycles. The Hall–Kier alpha value is -1.70. The van der Waals surface area contributed by atoms with Crippen molar-refractivity contribution in [3.05, 3.63) is 57.2 Å². The Labute approximate surface area is 134 Å². The number of halogens is 3. The molecular formula is C15H13F2IN2O. The fourth-order valence-corrected chi connectivity index (χ4v) is 2.26. The molecule has 21 heavy (non-hydrogen) atoms. The molecule has 2 aromatic rings. The largest absolute Gasteiger partial charge is 0.352 e. The van der Waals surface area contributed by atoms with Gasteiger partial charge in [-0.3, -0.25) is 4.79 Å². The number of anilines is 2. The van der Waals surface area contributed by atoms with Crippen molar-refractivity contribution < 1.29 is 13.6 Å². The third-order valence-corrected chi connectivity index (χ3v) is 3.44. The smallest absolute Gasteiger partial charge is 0.253 e. The lowest BCUT2D eigenvalue weighted by molar-refractivity contribution is 0.0956. The van der Waals surface area contributed by atoms with Crippen molar-refractivity contribution in [3.8, 4) is 0 Å². The summed E-state index contributed by atoms with van der Waals surface area (Å²) in [5, 5.41) is 5.40. The van der Waals surface area contributed by atoms with E-state index in [2.05, 4.69) is 10.6 Å². The molecule has 0 fully saturated rings. The molecule has 0 unspecified atom stereocenters. The third kappa shape index (κ3) is 3.90. The highest BCUT2D eigenvalue weighted by molar-refractivity contribution is 14.1. The minimum absolute atomic E-state index is 0.187. The lowest BCUT2D eigenvalue weighted by atomic mass is 10.1. The first-order valence-electron chi connectivity index (χ1n) is 6.31. The van der Waals surface area contributed by atoms with Gasteiger partial charge in [0.1, 0.15) is 11.6 Å². The SMILES string of the molecule is CCNC(=O)c1ccc(F)cc1Nc1ccc(I)cc1F. The van der Waals surface area contributed by atoms with E-state index in [4.69, 9.17) is 0 Å². The quantitative estimate of drug-likeness (QED) is 0.758. The van der Waals surface area contributed by atoms with E-state index in [-0.39, 0.29) is 22.8 Å². The highest BCUT2D eigenvalue weighted by Crippen LogP contribution is 2.25. The van der Waals surface area contributed by atoms with E-state index in [1.807, 2.05) is 22.6 Å². The lowest BCUT2D eigenvalue weighted by Gasteiger charge is -2.13. The van der Waals surface area contributed by atoms with Crippen LogP contribution in [0.25, 0.3) is 0 Å². The standard InChI is InChI=1S/C15H13F2IN2O/c1-2-19-15(21)11-5-3-9(16)7-14(11)20-13-6-4-10(18)8-12(13)17/h3-8,20H,2H2,1H3,(H,19,21). The average Bonchev–Trinajstić information content (AvgIpc) is 2.42. The number of benzene rings is 2. The van der Waals surface area contributed by atoms with E-state index in [1.54, 1.807) is 19.1 Å². The predicted octanol–water partition coefficient (Wildman–Crippen LogP) is 4.06. The average molecular weight is 402 g/mol. The van der Waals surface area contributed by atoms with Gasteiger partial charge >= 0.3 is 0 Å². The van der Waals surface area contributed by atoms with Gasteiger partial charge in [-0.2, -0.15) is 0 Å². The van der Waals surface area contributed by atoms with Crippen LogP contribution in [0.5, 0.6) is 0 Å². The van der Waals surface area contributed by atoms with Gasteiger partial charge in [-0.1, -0.05) is 0 Å². The molecule has 0 radical (unpaired) electrons. The van der Waals surface area contributed by atoms with Crippen LogP contribution >= 0.6 is 22.6 Å². The predicted molar refractivity (Wildman–Crippen MR) is 86.8 cm³/mol. The number of hydrogen-bond acceptors (Lipinski definition) is 2. The van der Waals surface area contributed by atoms with Crippen molar-refractivity contribution in [2.24, 2.45) is 0 Å². The van der Waals surface area contributed by atoms with E-state index >= 15 is 0 Å². The minimum atomic E-state index is -0.503. The van der Waals surface area contributed by atoms with Crippen molar-refractivity contribution >= 4 is 39.9 Å². The monoisotopic (exact) mass is 402 g/mol. The molecule has 0 aliphatic rings. The summed E-state index contributed by atoms with van der Waals surface area (Å²) in [5.41, 5.74) is 0.670. The molecule has 0 atom stereocenters. The lowest BCUT2D eigenvalue weighted by Crippen LogP contribution is -2.23. The number of hydrogen-bond donors (Lipinski definition) is 2. The Morgan fingerprint density at radius 1 is 1.14 bits per heavy atom. The molecule has 0 bridgehead atoms. The maximum absolute atomic E-state index is 13.9. The van der Waals surface area contributed by atoms with Crippen LogP contribution in [0.4, 0.5) is 20.2 Å². The van der Waals surface area contributed by atoms with Crippen LogP contribution in [-0.4, -0.2) is 12.5 Å². The van der Waals surface area contributed by atoms with Gasteiger partial charge in [0.2, 0.25) is 0 Å². The van der Waals surface area contributed by atoms with Gasteiger partial charge in [-0.05, 0) is 65.9 Å². The van der Waals surface area contributed by atoms with E-state index in [0.717, 1.165) is 3.57 Å². The van der Waals surface area contributed by atoms with Crippen molar-refractivity contribution in [1.29, 1.82) is 0 Å². The van der Waals surface area contributed by atoms with E-state index in [9.17, 15) is 13.6 Å². The fraction of sp³-hybridized carbons (Fsp3) is 0.133. The van der Waals surface area contributed by atoms with Gasteiger partial charge < -0.3 is 10.6 Å². The summed E-state index contributed by atoms with van der Waals surface area (Å²) < 4.78 is 28.0. The molecule has 0 aliphatic heterocycles. The van der Waals surface area contributed by atoms with Gasteiger partial charge in [0.15, 0.2) is 0 Å². The van der Waals surface area contributed by atoms with E-state index in [0.29, 0.717) is 6.54 Å². The number of rotatable bonds is 4. The van der Waals surface area contributed by atoms with Crippen LogP contribution in [0.3, 0.4) is 0 Å². The molecule has 0 aromatic heterocycles. The molecule has 2 aromatic carbocycles. The van der Waals surface area contributed by atoms with E-state index in [1.165, 1.54) is 24.3 Å². The summed E-state index contributed by atoms with van der Waals surface area (Å²) >= 11 is 1.99. The van der Waals surface area contributed by atoms with Crippen LogP contribution in [0.1, 0.15) is 17.3 Å². The molecule has 0 aliphatic carbocycles. The second kappa shape index (κ2) is 6.84. The van der Waals surface area contributed by atoms with Crippen LogP contribution in [0.15, 0.2) is 36.4 Å². The maximum Gasteiger partial charge on any atom is 0.253 e. The van der Waals surface area contributed by atoms with Gasteiger partial charge in [-0.15, -0.1) is 0 Å². The first-order chi connectivity index (χ1) is 10.0. The molecular weight excluding hydrogens is 389 g/mol. The molecule has 0 saturated heterocycles. The zero-order chi connectivity index (χ0) is 15.4. The van der Waals surface area contributed by atoms with Gasteiger partial charge in [0, 0.05) is 10.1 Å². The Bertz CT molecular complexity index is 677. The van der Waals surface area contributed by atoms with Crippen molar-refractivity contribution in [3.63, 3.8) is 0 Å². The molecule has 2 rings (SSSR count). The summed E-state index contributed by atoms with van der Waals surface area (Å²) in [6, 6.07) is 8.35. The van der Waals surface area contributed by atoms with Gasteiger partial charge in [0.25, 0.3) is 5.91 Å². The molecule has 3 nitrogen and oxygen atoms in total. The second-order valence-corrected chi connectivity index (χ2v) is 5.54. The first kappa shape index (κ1) is 15.7. The molecule has 0 heterocycles. The topological polar surface area (TPSA) is 41.1 Å². The van der Waals surface area contributed by atoms with Gasteiger partial charge in [-0.25, -0.2) is 8.78 Å². The Balaban J connectivity index is 2.38. The second-order valence-electron chi connectivity index (χ2n) is 4.30. The molecule has 0 spiro atoms. The van der Waals surface area contributed by atoms with Crippen LogP contribution < -0.4 is 10.6 Å². The zero-order valence-electron chi connectivity index (χ0n) is 11.2. The number of nitrogens with one attached hydrogen (secondary N) is 2. The van der Waals surface area contributed by atoms with Crippen LogP contribution in [0.2, 0.25) is 0 Å². The van der Waals surface area contributed by atoms with Crippen LogP contribution in [-0.2, 0) is 0 Å². The summed E-state index contributed by atoms with van der Waals surface area (Å²) in [6.45, 7) is 2.24. The normalized spacial score (nSPS) is 10.3. The Morgan fingerprint density at radius 2 is 1.90 bits per heavy atom. The molecule has 6 heteroatoms. The van der Waals surface area contributed by atoms with Crippen LogP contribution in [0, 0.1) is 15.2 Å². The Kier molecular flexibility index (Phi) is 5.11. The summed E-state index contributed by atoms with van der Waals surface area (Å²) in [7, 11) is 0. The number of carbonyl (C=O) groups excluding carboxylic acids is 1. The first-order valence-corrected chi connectivity index (χ1v) is 7.39. The van der Waals surface area contributed by atoms with E-state index < -0.39 is 11.6 Å². The minimum Gasteiger partial charge on any atom is -0.352 e. The molecule has 110 valence electrons. The van der Waals surface area contributed by atoms with Crippen molar-refractivity contribution in [1.82, 2.24) is 5.32 Å². The van der Waals surface area contributed by atoms with Crippen molar-refractivity contribution in [2.45, 2.75) is 6.92 Å². The molecule has 2 N–H and O–H groups in total. The highest BCUT2D eigenvalue weighted by atomic mass is 127.